The molecule has 0 fully saturated rings. The van der Waals surface area contributed by atoms with Crippen LogP contribution in [0.4, 0.5) is 0 Å². The lowest BCUT2D eigenvalue weighted by molar-refractivity contribution is -0.145. The molecule has 0 saturated heterocycles. The van der Waals surface area contributed by atoms with Crippen LogP contribution in [0.1, 0.15) is 59.3 Å². The Bertz CT molecular complexity index is 857. The summed E-state index contributed by atoms with van der Waals surface area (Å²) < 4.78 is 20.4. The lowest BCUT2D eigenvalue weighted by atomic mass is 9.98. The van der Waals surface area contributed by atoms with Gasteiger partial charge in [0.05, 0.1) is 58.1 Å². The Labute approximate surface area is 214 Å². The van der Waals surface area contributed by atoms with Crippen LogP contribution in [0.25, 0.3) is 0 Å². The predicted molar refractivity (Wildman–Crippen MR) is 138 cm³/mol. The van der Waals surface area contributed by atoms with Gasteiger partial charge in [-0.05, 0) is 19.3 Å². The summed E-state index contributed by atoms with van der Waals surface area (Å²) in [6.45, 7) is 6.15. The summed E-state index contributed by atoms with van der Waals surface area (Å²) in [7, 11) is 2.11. The molecular weight excluding hydrogens is 491 g/mol. The fourth-order valence-corrected chi connectivity index (χ4v) is 12.0. The van der Waals surface area contributed by atoms with E-state index in [1.54, 1.807) is 0 Å². The first-order chi connectivity index (χ1) is 16.6. The fourth-order valence-electron chi connectivity index (χ4n) is 4.88. The zero-order valence-electron chi connectivity index (χ0n) is 22.0. The number of carbonyl (C=O) groups excluding carboxylic acids is 4. The van der Waals surface area contributed by atoms with Crippen LogP contribution in [-0.4, -0.2) is 76.0 Å². The third-order valence-corrected chi connectivity index (χ3v) is 12.8. The Morgan fingerprint density at radius 2 is 1.09 bits per heavy atom. The van der Waals surface area contributed by atoms with Gasteiger partial charge in [0.15, 0.2) is 0 Å². The fraction of sp³-hybridized carbons (Fsp3) is 0.680. The maximum Gasteiger partial charge on any atom is 0.357 e. The van der Waals surface area contributed by atoms with Gasteiger partial charge in [-0.15, -0.1) is 4.91 Å². The van der Waals surface area contributed by atoms with Gasteiger partial charge in [-0.3, -0.25) is 0 Å². The molecule has 0 spiro atoms. The maximum absolute atomic E-state index is 14.0. The molecule has 1 atom stereocenters. The van der Waals surface area contributed by atoms with Crippen LogP contribution in [0, 0.1) is 0 Å². The van der Waals surface area contributed by atoms with Crippen molar-refractivity contribution in [1.82, 2.24) is 0 Å². The van der Waals surface area contributed by atoms with Gasteiger partial charge in [-0.1, -0.05) is 40.0 Å². The first-order valence-electron chi connectivity index (χ1n) is 12.0. The molecule has 0 aromatic heterocycles. The van der Waals surface area contributed by atoms with Crippen molar-refractivity contribution in [3.05, 3.63) is 21.6 Å². The first kappa shape index (κ1) is 31.0. The summed E-state index contributed by atoms with van der Waals surface area (Å²) in [4.78, 5) is 53.4. The third-order valence-electron chi connectivity index (χ3n) is 6.60. The van der Waals surface area contributed by atoms with Gasteiger partial charge in [0.1, 0.15) is 5.57 Å². The average molecular weight is 531 g/mol. The molecule has 35 heavy (non-hydrogen) atoms. The van der Waals surface area contributed by atoms with E-state index in [0.717, 1.165) is 59.9 Å². The molecule has 10 heteroatoms. The van der Waals surface area contributed by atoms with E-state index in [-0.39, 0.29) is 21.6 Å². The summed E-state index contributed by atoms with van der Waals surface area (Å²) in [5, 5.41) is -1.78. The van der Waals surface area contributed by atoms with Crippen LogP contribution in [0.15, 0.2) is 21.6 Å². The molecule has 1 unspecified atom stereocenters. The minimum atomic E-state index is -2.56. The number of rotatable bonds is 14. The SMILES string of the molecule is CCCC[P+](CCCC)(CCCC)C1(C(=O)OC)C([S-])=C(C(=O)OC)C(C(=O)OC)=C1C(=O)OC. The van der Waals surface area contributed by atoms with Crippen molar-refractivity contribution in [2.24, 2.45) is 0 Å². The van der Waals surface area contributed by atoms with Gasteiger partial charge < -0.3 is 31.6 Å². The normalized spacial score (nSPS) is 17.9. The van der Waals surface area contributed by atoms with Crippen LogP contribution in [0.3, 0.4) is 0 Å². The maximum atomic E-state index is 14.0. The molecule has 0 aliphatic heterocycles. The van der Waals surface area contributed by atoms with E-state index in [0.29, 0.717) is 18.5 Å². The highest BCUT2D eigenvalue weighted by Gasteiger charge is 2.70. The third kappa shape index (κ3) is 5.56. The largest absolute Gasteiger partial charge is 0.778 e. The van der Waals surface area contributed by atoms with E-state index in [2.05, 4.69) is 20.8 Å². The van der Waals surface area contributed by atoms with Crippen molar-refractivity contribution in [1.29, 1.82) is 0 Å². The summed E-state index contributed by atoms with van der Waals surface area (Å²) in [6.07, 6.45) is 6.87. The molecule has 1 aliphatic carbocycles. The van der Waals surface area contributed by atoms with Crippen molar-refractivity contribution in [3.8, 4) is 0 Å². The van der Waals surface area contributed by atoms with Gasteiger partial charge in [-0.25, -0.2) is 19.2 Å². The molecule has 0 aromatic rings. The molecule has 1 aliphatic rings. The lowest BCUT2D eigenvalue weighted by Crippen LogP contribution is -2.49. The number of hydrogen-bond donors (Lipinski definition) is 0. The van der Waals surface area contributed by atoms with Crippen LogP contribution in [0.2, 0.25) is 0 Å². The van der Waals surface area contributed by atoms with E-state index in [9.17, 15) is 19.2 Å². The molecule has 0 heterocycles. The van der Waals surface area contributed by atoms with Gasteiger partial charge in [0.2, 0.25) is 5.16 Å². The average Bonchev–Trinajstić information content (AvgIpc) is 3.16. The number of hydrogen-bond acceptors (Lipinski definition) is 9. The number of ether oxygens (including phenoxy) is 4. The number of unbranched alkanes of at least 4 members (excludes halogenated alkanes) is 3. The van der Waals surface area contributed by atoms with E-state index < -0.39 is 36.3 Å². The lowest BCUT2D eigenvalue weighted by Gasteiger charge is -2.46. The van der Waals surface area contributed by atoms with Crippen molar-refractivity contribution >= 4 is 43.8 Å². The molecule has 0 saturated carbocycles. The smallest absolute Gasteiger partial charge is 0.357 e. The monoisotopic (exact) mass is 530 g/mol. The summed E-state index contributed by atoms with van der Waals surface area (Å²) in [5.74, 6) is -3.54. The van der Waals surface area contributed by atoms with E-state index >= 15 is 0 Å². The molecule has 0 radical (unpaired) electrons. The molecule has 1 rings (SSSR count). The van der Waals surface area contributed by atoms with Crippen LogP contribution in [0.5, 0.6) is 0 Å². The van der Waals surface area contributed by atoms with Crippen LogP contribution >= 0.6 is 7.26 Å². The highest BCUT2D eigenvalue weighted by molar-refractivity contribution is 7.80. The Morgan fingerprint density at radius 3 is 1.43 bits per heavy atom. The predicted octanol–water partition coefficient (Wildman–Crippen LogP) is 3.95. The van der Waals surface area contributed by atoms with Gasteiger partial charge in [-0.2, -0.15) is 0 Å². The Hall–Kier alpha value is -1.99. The zero-order valence-corrected chi connectivity index (χ0v) is 23.7. The van der Waals surface area contributed by atoms with E-state index in [4.69, 9.17) is 31.6 Å². The van der Waals surface area contributed by atoms with Gasteiger partial charge in [0, 0.05) is 7.26 Å². The van der Waals surface area contributed by atoms with E-state index in [1.807, 2.05) is 0 Å². The van der Waals surface area contributed by atoms with Crippen molar-refractivity contribution in [2.75, 3.05) is 46.9 Å². The Balaban J connectivity index is 4.42. The Morgan fingerprint density at radius 1 is 0.686 bits per heavy atom. The van der Waals surface area contributed by atoms with Gasteiger partial charge >= 0.3 is 23.9 Å². The minimum absolute atomic E-state index is 0.103. The quantitative estimate of drug-likeness (QED) is 0.143. The van der Waals surface area contributed by atoms with Crippen LogP contribution in [-0.2, 0) is 50.8 Å². The Kier molecular flexibility index (Phi) is 12.4. The number of esters is 4. The first-order valence-corrected chi connectivity index (χ1v) is 14.8. The standard InChI is InChI=1S/C25H39O8PS/c1-8-11-14-34(15-12-9-2,16-13-10-3)25(24(29)33-7)19(23(28)32-6)17(21(26)30-4)18(20(25)35)22(27)31-5/h8-16H2,1-7H3. The highest BCUT2D eigenvalue weighted by atomic mass is 32.1. The second-order valence-electron chi connectivity index (χ2n) is 8.51. The summed E-state index contributed by atoms with van der Waals surface area (Å²) in [6, 6.07) is 0. The minimum Gasteiger partial charge on any atom is -0.778 e. The van der Waals surface area contributed by atoms with Crippen LogP contribution < -0.4 is 0 Å². The molecule has 0 aromatic carbocycles. The van der Waals surface area contributed by atoms with E-state index in [1.165, 1.54) is 7.11 Å². The molecule has 0 amide bonds. The molecule has 198 valence electrons. The summed E-state index contributed by atoms with van der Waals surface area (Å²) >= 11 is 5.88. The molecular formula is C25H39O8PS. The van der Waals surface area contributed by atoms with Gasteiger partial charge in [0.25, 0.3) is 0 Å². The summed E-state index contributed by atoms with van der Waals surface area (Å²) in [5.41, 5.74) is -0.912. The zero-order chi connectivity index (χ0) is 26.8. The molecule has 8 nitrogen and oxygen atoms in total. The second-order valence-corrected chi connectivity index (χ2v) is 13.2. The van der Waals surface area contributed by atoms with Crippen molar-refractivity contribution in [2.45, 2.75) is 64.5 Å². The molecule has 0 bridgehead atoms. The second kappa shape index (κ2) is 13.9. The molecule has 0 N–H and O–H groups in total. The number of methoxy groups -OCH3 is 4. The van der Waals surface area contributed by atoms with Crippen molar-refractivity contribution < 1.29 is 38.1 Å². The topological polar surface area (TPSA) is 105 Å². The van der Waals surface area contributed by atoms with Crippen molar-refractivity contribution in [3.63, 3.8) is 0 Å². The highest BCUT2D eigenvalue weighted by Crippen LogP contribution is 2.77. The number of carbonyl (C=O) groups is 4.